The van der Waals surface area contributed by atoms with Crippen LogP contribution in [-0.4, -0.2) is 58.9 Å². The summed E-state index contributed by atoms with van der Waals surface area (Å²) >= 11 is 0. The van der Waals surface area contributed by atoms with Gasteiger partial charge in [0.15, 0.2) is 0 Å². The van der Waals surface area contributed by atoms with Crippen molar-refractivity contribution in [1.82, 2.24) is 20.0 Å². The number of morpholine rings is 1. The molecule has 0 radical (unpaired) electrons. The van der Waals surface area contributed by atoms with Crippen LogP contribution in [0.1, 0.15) is 50.0 Å². The lowest BCUT2D eigenvalue weighted by Gasteiger charge is -2.58. The molecule has 4 saturated carbocycles. The van der Waals surface area contributed by atoms with Crippen LogP contribution in [0.3, 0.4) is 0 Å². The number of benzene rings is 1. The van der Waals surface area contributed by atoms with E-state index in [2.05, 4.69) is 14.6 Å². The molecule has 1 aliphatic heterocycles. The topological polar surface area (TPSA) is 71.7 Å². The van der Waals surface area contributed by atoms with Gasteiger partial charge in [0.2, 0.25) is 5.89 Å². The molecule has 0 atom stereocenters. The van der Waals surface area contributed by atoms with Crippen molar-refractivity contribution in [3.05, 3.63) is 35.5 Å². The maximum absolute atomic E-state index is 15.3. The molecule has 1 aromatic heterocycles. The molecule has 7 rings (SSSR count). The van der Waals surface area contributed by atoms with Crippen LogP contribution >= 0.6 is 0 Å². The lowest BCUT2D eigenvalue weighted by molar-refractivity contribution is -0.156. The first-order valence-corrected chi connectivity index (χ1v) is 13.0. The third kappa shape index (κ3) is 4.94. The zero-order chi connectivity index (χ0) is 25.8. The summed E-state index contributed by atoms with van der Waals surface area (Å²) in [5, 5.41) is 6.42. The van der Waals surface area contributed by atoms with Crippen LogP contribution in [0.5, 0.6) is 0 Å². The monoisotopic (exact) mass is 522 g/mol. The number of hydrogen-bond acceptors (Lipinski definition) is 5. The lowest BCUT2D eigenvalue weighted by Crippen LogP contribution is -2.55. The number of hydrogen-bond donors (Lipinski definition) is 0. The molecule has 4 bridgehead atoms. The highest BCUT2D eigenvalue weighted by atomic mass is 19.4. The Morgan fingerprint density at radius 2 is 1.70 bits per heavy atom. The van der Waals surface area contributed by atoms with Crippen molar-refractivity contribution in [2.75, 3.05) is 32.8 Å². The van der Waals surface area contributed by atoms with E-state index in [9.17, 15) is 18.0 Å². The van der Waals surface area contributed by atoms with Gasteiger partial charge in [-0.3, -0.25) is 0 Å². The summed E-state index contributed by atoms with van der Waals surface area (Å²) < 4.78 is 63.8. The van der Waals surface area contributed by atoms with Gasteiger partial charge in [-0.2, -0.15) is 13.2 Å². The smallest absolute Gasteiger partial charge is 0.413 e. The number of halogens is 4. The van der Waals surface area contributed by atoms with Crippen molar-refractivity contribution in [3.8, 4) is 11.5 Å². The SMILES string of the molecule is O=C(N1CCOCC1)N(Cc1ccc(-c2nnc(C(F)(F)F)o2)cc1F)CC12CC3CC(CC(C3)C1)C2. The van der Waals surface area contributed by atoms with Crippen molar-refractivity contribution in [2.45, 2.75) is 51.2 Å². The zero-order valence-corrected chi connectivity index (χ0v) is 20.5. The summed E-state index contributed by atoms with van der Waals surface area (Å²) in [5.41, 5.74) is 0.423. The van der Waals surface area contributed by atoms with Gasteiger partial charge in [0.1, 0.15) is 5.82 Å². The number of carbonyl (C=O) groups excluding carboxylic acids is 1. The quantitative estimate of drug-likeness (QED) is 0.494. The Kier molecular flexibility index (Phi) is 6.16. The van der Waals surface area contributed by atoms with Gasteiger partial charge in [-0.15, -0.1) is 10.2 Å². The molecular weight excluding hydrogens is 492 g/mol. The number of urea groups is 1. The molecule has 200 valence electrons. The highest BCUT2D eigenvalue weighted by Gasteiger charge is 2.52. The molecule has 37 heavy (non-hydrogen) atoms. The van der Waals surface area contributed by atoms with Crippen LogP contribution in [0.2, 0.25) is 0 Å². The number of rotatable bonds is 5. The molecule has 2 aromatic rings. The molecule has 0 unspecified atom stereocenters. The van der Waals surface area contributed by atoms with E-state index in [0.29, 0.717) is 38.4 Å². The molecular formula is C26H30F4N4O3. The van der Waals surface area contributed by atoms with Crippen LogP contribution in [0.25, 0.3) is 11.5 Å². The summed E-state index contributed by atoms with van der Waals surface area (Å²) in [6.45, 7) is 2.62. The lowest BCUT2D eigenvalue weighted by atomic mass is 9.49. The molecule has 2 amide bonds. The summed E-state index contributed by atoms with van der Waals surface area (Å²) in [7, 11) is 0. The first kappa shape index (κ1) is 24.6. The highest BCUT2D eigenvalue weighted by Crippen LogP contribution is 2.60. The maximum atomic E-state index is 15.3. The molecule has 5 fully saturated rings. The molecule has 7 nitrogen and oxygen atoms in total. The van der Waals surface area contributed by atoms with Crippen molar-refractivity contribution < 1.29 is 31.5 Å². The van der Waals surface area contributed by atoms with E-state index in [1.165, 1.54) is 31.4 Å². The Morgan fingerprint density at radius 1 is 1.05 bits per heavy atom. The second-order valence-electron chi connectivity index (χ2n) is 11.4. The van der Waals surface area contributed by atoms with E-state index in [0.717, 1.165) is 43.1 Å². The number of nitrogens with zero attached hydrogens (tertiary/aromatic N) is 4. The molecule has 2 heterocycles. The Labute approximate surface area is 212 Å². The van der Waals surface area contributed by atoms with Crippen LogP contribution in [0.15, 0.2) is 22.6 Å². The van der Waals surface area contributed by atoms with Gasteiger partial charge < -0.3 is 19.0 Å². The summed E-state index contributed by atoms with van der Waals surface area (Å²) in [4.78, 5) is 17.2. The van der Waals surface area contributed by atoms with Crippen LogP contribution < -0.4 is 0 Å². The van der Waals surface area contributed by atoms with E-state index in [1.807, 2.05) is 0 Å². The molecule has 5 aliphatic rings. The fourth-order valence-corrected chi connectivity index (χ4v) is 7.50. The zero-order valence-electron chi connectivity index (χ0n) is 20.5. The van der Waals surface area contributed by atoms with Crippen LogP contribution in [-0.2, 0) is 17.5 Å². The van der Waals surface area contributed by atoms with Crippen molar-refractivity contribution in [3.63, 3.8) is 0 Å². The van der Waals surface area contributed by atoms with E-state index < -0.39 is 23.8 Å². The second kappa shape index (κ2) is 9.25. The van der Waals surface area contributed by atoms with Gasteiger partial charge in [-0.25, -0.2) is 9.18 Å². The van der Waals surface area contributed by atoms with Gasteiger partial charge in [-0.05, 0) is 73.8 Å². The number of carbonyl (C=O) groups is 1. The van der Waals surface area contributed by atoms with Gasteiger partial charge >= 0.3 is 18.1 Å². The standard InChI is InChI=1S/C26H30F4N4O3/c27-21-10-19(22-31-32-23(37-22)26(28,29)30)1-2-20(21)14-34(24(35)33-3-5-36-6-4-33)15-25-11-16-7-17(12-25)9-18(8-16)13-25/h1-2,10,16-18H,3-9,11-15H2. The van der Waals surface area contributed by atoms with Gasteiger partial charge in [0.25, 0.3) is 0 Å². The maximum Gasteiger partial charge on any atom is 0.470 e. The molecule has 0 N–H and O–H groups in total. The molecule has 1 aromatic carbocycles. The number of alkyl halides is 3. The van der Waals surface area contributed by atoms with Crippen molar-refractivity contribution in [1.29, 1.82) is 0 Å². The van der Waals surface area contributed by atoms with Gasteiger partial charge in [0.05, 0.1) is 19.8 Å². The van der Waals surface area contributed by atoms with Crippen LogP contribution in [0, 0.1) is 29.0 Å². The van der Waals surface area contributed by atoms with E-state index in [1.54, 1.807) is 9.80 Å². The minimum atomic E-state index is -4.78. The van der Waals surface area contributed by atoms with E-state index in [-0.39, 0.29) is 23.6 Å². The fourth-order valence-electron chi connectivity index (χ4n) is 7.50. The first-order chi connectivity index (χ1) is 17.7. The average molecular weight is 523 g/mol. The average Bonchev–Trinajstić information content (AvgIpc) is 3.35. The van der Waals surface area contributed by atoms with Gasteiger partial charge in [-0.1, -0.05) is 6.07 Å². The predicted molar refractivity (Wildman–Crippen MR) is 123 cm³/mol. The Hall–Kier alpha value is -2.69. The first-order valence-electron chi connectivity index (χ1n) is 13.0. The summed E-state index contributed by atoms with van der Waals surface area (Å²) in [5.74, 6) is -0.359. The molecule has 4 aliphatic carbocycles. The number of amides is 2. The van der Waals surface area contributed by atoms with E-state index in [4.69, 9.17) is 4.74 Å². The minimum Gasteiger partial charge on any atom is -0.413 e. The normalized spacial score (nSPS) is 29.1. The minimum absolute atomic E-state index is 0.0522. The van der Waals surface area contributed by atoms with Crippen molar-refractivity contribution >= 4 is 6.03 Å². The Balaban J connectivity index is 1.24. The molecule has 1 saturated heterocycles. The summed E-state index contributed by atoms with van der Waals surface area (Å²) in [6.07, 6.45) is 2.45. The van der Waals surface area contributed by atoms with Crippen LogP contribution in [0.4, 0.5) is 22.4 Å². The number of ether oxygens (including phenoxy) is 1. The summed E-state index contributed by atoms with van der Waals surface area (Å²) in [6, 6.07) is 3.91. The Bertz CT molecular complexity index is 1130. The molecule has 11 heteroatoms. The molecule has 0 spiro atoms. The van der Waals surface area contributed by atoms with E-state index >= 15 is 4.39 Å². The van der Waals surface area contributed by atoms with Crippen molar-refractivity contribution in [2.24, 2.45) is 23.2 Å². The predicted octanol–water partition coefficient (Wildman–Crippen LogP) is 5.37. The second-order valence-corrected chi connectivity index (χ2v) is 11.4. The third-order valence-electron chi connectivity index (χ3n) is 8.57. The third-order valence-corrected chi connectivity index (χ3v) is 8.57. The highest BCUT2D eigenvalue weighted by molar-refractivity contribution is 5.74. The number of aromatic nitrogens is 2. The fraction of sp³-hybridized carbons (Fsp3) is 0.654. The van der Waals surface area contributed by atoms with Gasteiger partial charge in [0, 0.05) is 30.8 Å². The Morgan fingerprint density at radius 3 is 2.27 bits per heavy atom. The largest absolute Gasteiger partial charge is 0.470 e.